The molecule has 0 aliphatic heterocycles. The minimum Gasteiger partial charge on any atom is -0.497 e. The Labute approximate surface area is 118 Å². The molecule has 6 heteroatoms. The molecule has 0 aliphatic carbocycles. The van der Waals surface area contributed by atoms with Gasteiger partial charge in [0.05, 0.1) is 24.2 Å². The Balaban J connectivity index is 2.60. The van der Waals surface area contributed by atoms with Crippen LogP contribution in [0.2, 0.25) is 0 Å². The average molecular weight is 325 g/mol. The number of nitrogens with zero attached hydrogens (tertiary/aromatic N) is 2. The number of ether oxygens (including phenoxy) is 1. The van der Waals surface area contributed by atoms with Gasteiger partial charge < -0.3 is 9.84 Å². The third-order valence-corrected chi connectivity index (χ3v) is 3.52. The highest BCUT2D eigenvalue weighted by Crippen LogP contribution is 2.28. The fourth-order valence-corrected chi connectivity index (χ4v) is 2.50. The van der Waals surface area contributed by atoms with Crippen LogP contribution in [0.15, 0.2) is 22.7 Å². The lowest BCUT2D eigenvalue weighted by atomic mass is 10.2. The number of hydrogen-bond acceptors (Lipinski definition) is 3. The number of methoxy groups -OCH3 is 1. The van der Waals surface area contributed by atoms with E-state index >= 15 is 0 Å². The topological polar surface area (TPSA) is 64.4 Å². The van der Waals surface area contributed by atoms with Crippen molar-refractivity contribution in [1.29, 1.82) is 0 Å². The van der Waals surface area contributed by atoms with Crippen LogP contribution < -0.4 is 4.74 Å². The van der Waals surface area contributed by atoms with Gasteiger partial charge in [-0.15, -0.1) is 0 Å². The van der Waals surface area contributed by atoms with Crippen LogP contribution in [-0.4, -0.2) is 28.0 Å². The van der Waals surface area contributed by atoms with Crippen molar-refractivity contribution in [2.75, 3.05) is 7.11 Å². The molecule has 2 aromatic rings. The molecule has 1 aromatic carbocycles. The van der Waals surface area contributed by atoms with Gasteiger partial charge in [0.15, 0.2) is 0 Å². The highest BCUT2D eigenvalue weighted by molar-refractivity contribution is 9.10. The number of carboxylic acids is 1. The van der Waals surface area contributed by atoms with Crippen molar-refractivity contribution in [3.05, 3.63) is 39.6 Å². The van der Waals surface area contributed by atoms with Crippen LogP contribution in [0.25, 0.3) is 5.69 Å². The van der Waals surface area contributed by atoms with Crippen molar-refractivity contribution in [2.45, 2.75) is 13.8 Å². The zero-order valence-electron chi connectivity index (χ0n) is 10.8. The number of carboxylic acid groups (broad SMARTS) is 1. The standard InChI is InChI=1S/C13H13BrN2O3/c1-7-12(13(17)18)8(2)16(15-7)11-5-4-9(19-3)6-10(11)14/h4-6H,1-3H3,(H,17,18). The molecule has 0 saturated heterocycles. The number of rotatable bonds is 3. The molecule has 1 N–H and O–H groups in total. The smallest absolute Gasteiger partial charge is 0.339 e. The molecule has 0 saturated carbocycles. The van der Waals surface area contributed by atoms with Gasteiger partial charge in [-0.05, 0) is 48.0 Å². The second kappa shape index (κ2) is 5.05. The van der Waals surface area contributed by atoms with Crippen LogP contribution in [0.5, 0.6) is 5.75 Å². The molecule has 19 heavy (non-hydrogen) atoms. The summed E-state index contributed by atoms with van der Waals surface area (Å²) in [5, 5.41) is 13.5. The zero-order valence-corrected chi connectivity index (χ0v) is 12.4. The predicted molar refractivity (Wildman–Crippen MR) is 74.2 cm³/mol. The van der Waals surface area contributed by atoms with Crippen molar-refractivity contribution in [1.82, 2.24) is 9.78 Å². The van der Waals surface area contributed by atoms with Crippen LogP contribution >= 0.6 is 15.9 Å². The molecule has 100 valence electrons. The molecule has 5 nitrogen and oxygen atoms in total. The molecule has 0 amide bonds. The minimum absolute atomic E-state index is 0.239. The summed E-state index contributed by atoms with van der Waals surface area (Å²) in [6.45, 7) is 3.42. The third kappa shape index (κ3) is 2.35. The maximum Gasteiger partial charge on any atom is 0.339 e. The summed E-state index contributed by atoms with van der Waals surface area (Å²) in [6.07, 6.45) is 0. The van der Waals surface area contributed by atoms with Crippen molar-refractivity contribution in [3.8, 4) is 11.4 Å². The van der Waals surface area contributed by atoms with Gasteiger partial charge in [-0.1, -0.05) is 0 Å². The Kier molecular flexibility index (Phi) is 3.61. The summed E-state index contributed by atoms with van der Waals surface area (Å²) in [7, 11) is 1.59. The van der Waals surface area contributed by atoms with E-state index in [2.05, 4.69) is 21.0 Å². The van der Waals surface area contributed by atoms with E-state index in [1.165, 1.54) is 0 Å². The van der Waals surface area contributed by atoms with Gasteiger partial charge >= 0.3 is 5.97 Å². The van der Waals surface area contributed by atoms with Crippen LogP contribution in [0, 0.1) is 13.8 Å². The summed E-state index contributed by atoms with van der Waals surface area (Å²) in [5.41, 5.74) is 2.10. The van der Waals surface area contributed by atoms with Gasteiger partial charge in [-0.3, -0.25) is 0 Å². The van der Waals surface area contributed by atoms with E-state index in [-0.39, 0.29) is 5.56 Å². The first-order valence-electron chi connectivity index (χ1n) is 5.59. The lowest BCUT2D eigenvalue weighted by Gasteiger charge is -2.08. The summed E-state index contributed by atoms with van der Waals surface area (Å²) >= 11 is 3.44. The number of carbonyl (C=O) groups is 1. The summed E-state index contributed by atoms with van der Waals surface area (Å²) < 4.78 is 7.53. The maximum absolute atomic E-state index is 11.2. The second-order valence-electron chi connectivity index (χ2n) is 4.08. The Bertz CT molecular complexity index is 650. The van der Waals surface area contributed by atoms with E-state index in [1.807, 2.05) is 12.1 Å². The fraction of sp³-hybridized carbons (Fsp3) is 0.231. The van der Waals surface area contributed by atoms with Gasteiger partial charge in [0.25, 0.3) is 0 Å². The van der Waals surface area contributed by atoms with E-state index in [9.17, 15) is 9.90 Å². The number of benzene rings is 1. The highest BCUT2D eigenvalue weighted by atomic mass is 79.9. The molecule has 0 bridgehead atoms. The molecule has 1 aromatic heterocycles. The van der Waals surface area contributed by atoms with Gasteiger partial charge in [0, 0.05) is 4.47 Å². The first kappa shape index (κ1) is 13.6. The van der Waals surface area contributed by atoms with Crippen molar-refractivity contribution >= 4 is 21.9 Å². The van der Waals surface area contributed by atoms with Crippen molar-refractivity contribution in [2.24, 2.45) is 0 Å². The molecule has 2 rings (SSSR count). The quantitative estimate of drug-likeness (QED) is 0.942. The predicted octanol–water partition coefficient (Wildman–Crippen LogP) is 2.96. The van der Waals surface area contributed by atoms with Crippen LogP contribution in [0.3, 0.4) is 0 Å². The Morgan fingerprint density at radius 1 is 1.42 bits per heavy atom. The number of aromatic nitrogens is 2. The van der Waals surface area contributed by atoms with Crippen LogP contribution in [0.1, 0.15) is 21.7 Å². The number of aromatic carboxylic acids is 1. The van der Waals surface area contributed by atoms with Gasteiger partial charge in [-0.2, -0.15) is 5.10 Å². The van der Waals surface area contributed by atoms with Gasteiger partial charge in [-0.25, -0.2) is 9.48 Å². The normalized spacial score (nSPS) is 10.5. The first-order valence-corrected chi connectivity index (χ1v) is 6.38. The molecule has 0 spiro atoms. The van der Waals surface area contributed by atoms with E-state index in [1.54, 1.807) is 31.7 Å². The Hall–Kier alpha value is -1.82. The van der Waals surface area contributed by atoms with Crippen LogP contribution in [0.4, 0.5) is 0 Å². The molecule has 0 unspecified atom stereocenters. The molecule has 0 radical (unpaired) electrons. The maximum atomic E-state index is 11.2. The summed E-state index contributed by atoms with van der Waals surface area (Å²) in [5.74, 6) is -0.249. The van der Waals surface area contributed by atoms with E-state index in [4.69, 9.17) is 4.74 Å². The first-order chi connectivity index (χ1) is 8.95. The van der Waals surface area contributed by atoms with Crippen molar-refractivity contribution < 1.29 is 14.6 Å². The lowest BCUT2D eigenvalue weighted by molar-refractivity contribution is 0.0695. The molecule has 1 heterocycles. The molecule has 0 atom stereocenters. The van der Waals surface area contributed by atoms with Gasteiger partial charge in [0.2, 0.25) is 0 Å². The molecular formula is C13H13BrN2O3. The Morgan fingerprint density at radius 2 is 2.11 bits per heavy atom. The number of halogens is 1. The average Bonchev–Trinajstić information content (AvgIpc) is 2.64. The molecule has 0 aliphatic rings. The number of aryl methyl sites for hydroxylation is 1. The zero-order chi connectivity index (χ0) is 14.2. The summed E-state index contributed by atoms with van der Waals surface area (Å²) in [6, 6.07) is 5.44. The van der Waals surface area contributed by atoms with E-state index in [0.717, 1.165) is 15.9 Å². The lowest BCUT2D eigenvalue weighted by Crippen LogP contribution is -2.03. The number of hydrogen-bond donors (Lipinski definition) is 1. The van der Waals surface area contributed by atoms with Gasteiger partial charge in [0.1, 0.15) is 11.3 Å². The third-order valence-electron chi connectivity index (χ3n) is 2.89. The highest BCUT2D eigenvalue weighted by Gasteiger charge is 2.19. The van der Waals surface area contributed by atoms with Crippen LogP contribution in [-0.2, 0) is 0 Å². The minimum atomic E-state index is -0.967. The Morgan fingerprint density at radius 3 is 2.58 bits per heavy atom. The summed E-state index contributed by atoms with van der Waals surface area (Å²) in [4.78, 5) is 11.2. The second-order valence-corrected chi connectivity index (χ2v) is 4.93. The monoisotopic (exact) mass is 324 g/mol. The van der Waals surface area contributed by atoms with E-state index in [0.29, 0.717) is 11.4 Å². The fourth-order valence-electron chi connectivity index (χ4n) is 1.97. The molecular weight excluding hydrogens is 312 g/mol. The SMILES string of the molecule is COc1ccc(-n2nc(C)c(C(=O)O)c2C)c(Br)c1. The van der Waals surface area contributed by atoms with E-state index < -0.39 is 5.97 Å². The molecule has 0 fully saturated rings. The largest absolute Gasteiger partial charge is 0.497 e. The van der Waals surface area contributed by atoms with Crippen molar-refractivity contribution in [3.63, 3.8) is 0 Å².